The zero-order valence-electron chi connectivity index (χ0n) is 11.2. The fourth-order valence-corrected chi connectivity index (χ4v) is 3.64. The van der Waals surface area contributed by atoms with E-state index in [9.17, 15) is 9.90 Å². The van der Waals surface area contributed by atoms with E-state index in [0.29, 0.717) is 31.1 Å². The third-order valence-electron chi connectivity index (χ3n) is 3.65. The molecule has 0 bridgehead atoms. The lowest BCUT2D eigenvalue weighted by molar-refractivity contribution is -0.0405. The number of aliphatic hydroxyl groups excluding tert-OH is 1. The third kappa shape index (κ3) is 3.28. The third-order valence-corrected chi connectivity index (χ3v) is 4.72. The highest BCUT2D eigenvalue weighted by atomic mass is 32.1. The van der Waals surface area contributed by atoms with Gasteiger partial charge in [-0.2, -0.15) is 0 Å². The Morgan fingerprint density at radius 1 is 1.50 bits per heavy atom. The number of rotatable bonds is 3. The van der Waals surface area contributed by atoms with Crippen molar-refractivity contribution in [2.24, 2.45) is 0 Å². The lowest BCUT2D eigenvalue weighted by Gasteiger charge is -2.26. The predicted octanol–water partition coefficient (Wildman–Crippen LogP) is 1.29. The molecule has 0 unspecified atom stereocenters. The van der Waals surface area contributed by atoms with Crippen molar-refractivity contribution in [1.82, 2.24) is 10.3 Å². The number of hydrogen-bond donors (Lipinski definition) is 3. The molecule has 1 aromatic rings. The fraction of sp³-hybridized carbons (Fsp3) is 0.692. The summed E-state index contributed by atoms with van der Waals surface area (Å²) >= 11 is 1.56. The van der Waals surface area contributed by atoms with Gasteiger partial charge in [0.1, 0.15) is 0 Å². The number of fused-ring (bicyclic) bond motifs is 1. The summed E-state index contributed by atoms with van der Waals surface area (Å²) in [6, 6.07) is -0.263. The van der Waals surface area contributed by atoms with Gasteiger partial charge in [0, 0.05) is 24.4 Å². The smallest absolute Gasteiger partial charge is 0.321 e. The second-order valence-corrected chi connectivity index (χ2v) is 6.33. The van der Waals surface area contributed by atoms with Gasteiger partial charge in [-0.25, -0.2) is 9.78 Å². The van der Waals surface area contributed by atoms with Gasteiger partial charge < -0.3 is 15.2 Å². The Morgan fingerprint density at radius 2 is 2.40 bits per heavy atom. The van der Waals surface area contributed by atoms with Gasteiger partial charge in [0.25, 0.3) is 0 Å². The van der Waals surface area contributed by atoms with Crippen LogP contribution in [0.3, 0.4) is 0 Å². The van der Waals surface area contributed by atoms with E-state index in [4.69, 9.17) is 4.74 Å². The van der Waals surface area contributed by atoms with E-state index in [1.54, 1.807) is 11.3 Å². The molecule has 6 nitrogen and oxygen atoms in total. The van der Waals surface area contributed by atoms with Crippen LogP contribution in [0.2, 0.25) is 0 Å². The molecule has 0 aromatic carbocycles. The molecular weight excluding hydrogens is 278 g/mol. The number of nitrogens with one attached hydrogen (secondary N) is 2. The molecule has 0 spiro atoms. The zero-order chi connectivity index (χ0) is 13.9. The Bertz CT molecular complexity index is 470. The Kier molecular flexibility index (Phi) is 4.18. The summed E-state index contributed by atoms with van der Waals surface area (Å²) in [4.78, 5) is 17.5. The lowest BCUT2D eigenvalue weighted by Crippen LogP contribution is -2.40. The number of aliphatic hydroxyl groups is 1. The average molecular weight is 297 g/mol. The quantitative estimate of drug-likeness (QED) is 0.785. The first-order chi connectivity index (χ1) is 9.70. The summed E-state index contributed by atoms with van der Waals surface area (Å²) in [7, 11) is 0. The molecular formula is C13H19N3O3S. The van der Waals surface area contributed by atoms with Crippen LogP contribution in [0.1, 0.15) is 29.8 Å². The summed E-state index contributed by atoms with van der Waals surface area (Å²) in [6.45, 7) is 0.961. The molecule has 3 rings (SSSR count). The van der Waals surface area contributed by atoms with Crippen molar-refractivity contribution in [1.29, 1.82) is 0 Å². The number of ether oxygens (including phenoxy) is 1. The van der Waals surface area contributed by atoms with E-state index in [-0.39, 0.29) is 18.2 Å². The molecule has 3 N–H and O–H groups in total. The number of amides is 2. The van der Waals surface area contributed by atoms with Crippen molar-refractivity contribution in [3.05, 3.63) is 10.6 Å². The molecule has 2 heterocycles. The van der Waals surface area contributed by atoms with E-state index >= 15 is 0 Å². The molecule has 0 saturated carbocycles. The fourth-order valence-electron chi connectivity index (χ4n) is 2.59. The van der Waals surface area contributed by atoms with Crippen molar-refractivity contribution in [3.63, 3.8) is 0 Å². The number of carbonyl (C=O) groups excluding carboxylic acids is 1. The van der Waals surface area contributed by atoms with E-state index in [1.165, 1.54) is 11.3 Å². The molecule has 1 aromatic heterocycles. The summed E-state index contributed by atoms with van der Waals surface area (Å²) in [6.07, 6.45) is 4.08. The van der Waals surface area contributed by atoms with Crippen molar-refractivity contribution < 1.29 is 14.6 Å². The van der Waals surface area contributed by atoms with Gasteiger partial charge in [0.05, 0.1) is 17.9 Å². The Hall–Kier alpha value is -1.18. The van der Waals surface area contributed by atoms with Gasteiger partial charge in [0.2, 0.25) is 0 Å². The van der Waals surface area contributed by atoms with E-state index < -0.39 is 0 Å². The average Bonchev–Trinajstić information content (AvgIpc) is 2.97. The number of thiazole rings is 1. The van der Waals surface area contributed by atoms with Gasteiger partial charge in [-0.05, 0) is 25.7 Å². The van der Waals surface area contributed by atoms with Gasteiger partial charge in [0.15, 0.2) is 5.13 Å². The van der Waals surface area contributed by atoms with E-state index in [2.05, 4.69) is 15.6 Å². The largest absolute Gasteiger partial charge is 0.393 e. The SMILES string of the molecule is O=C(NC[C@@H]1C[C@H](O)CCO1)Nc1nc2c(s1)CCC2. The van der Waals surface area contributed by atoms with Crippen LogP contribution in [0, 0.1) is 0 Å². The van der Waals surface area contributed by atoms with Crippen molar-refractivity contribution in [2.45, 2.75) is 44.3 Å². The summed E-state index contributed by atoms with van der Waals surface area (Å²) in [5.74, 6) is 0. The molecule has 2 atom stereocenters. The molecule has 20 heavy (non-hydrogen) atoms. The van der Waals surface area contributed by atoms with Crippen LogP contribution in [0.4, 0.5) is 9.93 Å². The summed E-state index contributed by atoms with van der Waals surface area (Å²) < 4.78 is 5.48. The Morgan fingerprint density at radius 3 is 3.20 bits per heavy atom. The number of urea groups is 1. The summed E-state index contributed by atoms with van der Waals surface area (Å²) in [5, 5.41) is 15.7. The molecule has 1 fully saturated rings. The standard InChI is InChI=1S/C13H19N3O3S/c17-8-4-5-19-9(6-8)7-14-12(18)16-13-15-10-2-1-3-11(10)20-13/h8-9,17H,1-7H2,(H2,14,15,16,18)/t8-,9+/m1/s1. The number of carbonyl (C=O) groups is 1. The highest BCUT2D eigenvalue weighted by Crippen LogP contribution is 2.30. The van der Waals surface area contributed by atoms with Gasteiger partial charge in [-0.1, -0.05) is 0 Å². The number of nitrogens with zero attached hydrogens (tertiary/aromatic N) is 1. The van der Waals surface area contributed by atoms with E-state index in [0.717, 1.165) is 18.5 Å². The molecule has 2 aliphatic rings. The number of hydrogen-bond acceptors (Lipinski definition) is 5. The minimum Gasteiger partial charge on any atom is -0.393 e. The van der Waals surface area contributed by atoms with Crippen molar-refractivity contribution in [2.75, 3.05) is 18.5 Å². The Balaban J connectivity index is 1.44. The predicted molar refractivity (Wildman–Crippen MR) is 76.1 cm³/mol. The number of aromatic nitrogens is 1. The topological polar surface area (TPSA) is 83.5 Å². The van der Waals surface area contributed by atoms with Crippen LogP contribution in [0.5, 0.6) is 0 Å². The lowest BCUT2D eigenvalue weighted by atomic mass is 10.1. The molecule has 0 radical (unpaired) electrons. The highest BCUT2D eigenvalue weighted by molar-refractivity contribution is 7.15. The molecule has 110 valence electrons. The van der Waals surface area contributed by atoms with Crippen LogP contribution in [0.25, 0.3) is 0 Å². The maximum absolute atomic E-state index is 11.8. The molecule has 1 saturated heterocycles. The Labute approximate surface area is 121 Å². The number of anilines is 1. The van der Waals surface area contributed by atoms with Crippen molar-refractivity contribution >= 4 is 22.5 Å². The van der Waals surface area contributed by atoms with E-state index in [1.807, 2.05) is 0 Å². The second kappa shape index (κ2) is 6.07. The monoisotopic (exact) mass is 297 g/mol. The summed E-state index contributed by atoms with van der Waals surface area (Å²) in [5.41, 5.74) is 1.13. The molecule has 2 amide bonds. The van der Waals surface area contributed by atoms with Crippen LogP contribution < -0.4 is 10.6 Å². The van der Waals surface area contributed by atoms with Crippen LogP contribution >= 0.6 is 11.3 Å². The maximum Gasteiger partial charge on any atom is 0.321 e. The minimum atomic E-state index is -0.319. The molecule has 1 aliphatic carbocycles. The van der Waals surface area contributed by atoms with Crippen LogP contribution in [0.15, 0.2) is 0 Å². The molecule has 7 heteroatoms. The van der Waals surface area contributed by atoms with Gasteiger partial charge >= 0.3 is 6.03 Å². The van der Waals surface area contributed by atoms with Gasteiger partial charge in [-0.3, -0.25) is 5.32 Å². The molecule has 1 aliphatic heterocycles. The maximum atomic E-state index is 11.8. The first kappa shape index (κ1) is 13.8. The number of aryl methyl sites for hydroxylation is 2. The van der Waals surface area contributed by atoms with Crippen LogP contribution in [-0.2, 0) is 17.6 Å². The van der Waals surface area contributed by atoms with Crippen molar-refractivity contribution in [3.8, 4) is 0 Å². The second-order valence-electron chi connectivity index (χ2n) is 5.25. The minimum absolute atomic E-state index is 0.106. The first-order valence-electron chi connectivity index (χ1n) is 7.04. The normalized spacial score (nSPS) is 25.2. The van der Waals surface area contributed by atoms with Crippen LogP contribution in [-0.4, -0.2) is 41.5 Å². The first-order valence-corrected chi connectivity index (χ1v) is 7.85. The highest BCUT2D eigenvalue weighted by Gasteiger charge is 2.22. The van der Waals surface area contributed by atoms with Gasteiger partial charge in [-0.15, -0.1) is 11.3 Å². The zero-order valence-corrected chi connectivity index (χ0v) is 12.0.